The van der Waals surface area contributed by atoms with Crippen molar-refractivity contribution in [1.29, 1.82) is 0 Å². The van der Waals surface area contributed by atoms with Crippen LogP contribution in [-0.2, 0) is 9.53 Å². The fourth-order valence-corrected chi connectivity index (χ4v) is 1.52. The summed E-state index contributed by atoms with van der Waals surface area (Å²) in [4.78, 5) is 23.6. The van der Waals surface area contributed by atoms with Crippen molar-refractivity contribution in [2.75, 3.05) is 32.8 Å². The molecule has 6 heteroatoms. The Morgan fingerprint density at radius 1 is 1.16 bits per heavy atom. The SMILES string of the molecule is CCCCOCCCNC(=O)N(CCC)CC(=O)O. The van der Waals surface area contributed by atoms with Crippen molar-refractivity contribution in [3.63, 3.8) is 0 Å². The number of aliphatic carboxylic acids is 1. The lowest BCUT2D eigenvalue weighted by Gasteiger charge is -2.20. The number of carboxylic acids is 1. The molecule has 0 unspecified atom stereocenters. The molecular formula is C13H26N2O4. The molecule has 0 saturated heterocycles. The van der Waals surface area contributed by atoms with Crippen LogP contribution in [0, 0.1) is 0 Å². The number of hydrogen-bond acceptors (Lipinski definition) is 3. The Balaban J connectivity index is 3.71. The Hall–Kier alpha value is -1.30. The third-order valence-electron chi connectivity index (χ3n) is 2.49. The summed E-state index contributed by atoms with van der Waals surface area (Å²) in [7, 11) is 0. The van der Waals surface area contributed by atoms with E-state index in [0.717, 1.165) is 32.3 Å². The number of carboxylic acid groups (broad SMARTS) is 1. The van der Waals surface area contributed by atoms with Crippen LogP contribution < -0.4 is 5.32 Å². The topological polar surface area (TPSA) is 78.9 Å². The Kier molecular flexibility index (Phi) is 11.0. The van der Waals surface area contributed by atoms with Crippen LogP contribution in [0.25, 0.3) is 0 Å². The smallest absolute Gasteiger partial charge is 0.323 e. The van der Waals surface area contributed by atoms with Gasteiger partial charge in [-0.15, -0.1) is 0 Å². The number of hydrogen-bond donors (Lipinski definition) is 2. The van der Waals surface area contributed by atoms with Gasteiger partial charge in [-0.2, -0.15) is 0 Å². The summed E-state index contributed by atoms with van der Waals surface area (Å²) in [6, 6.07) is -0.321. The first-order valence-electron chi connectivity index (χ1n) is 6.94. The average molecular weight is 274 g/mol. The monoisotopic (exact) mass is 274 g/mol. The van der Waals surface area contributed by atoms with Crippen LogP contribution >= 0.6 is 0 Å². The minimum absolute atomic E-state index is 0.257. The van der Waals surface area contributed by atoms with Crippen LogP contribution in [0.15, 0.2) is 0 Å². The van der Waals surface area contributed by atoms with Gasteiger partial charge < -0.3 is 20.1 Å². The molecule has 0 rings (SSSR count). The van der Waals surface area contributed by atoms with Gasteiger partial charge in [0.1, 0.15) is 6.54 Å². The van der Waals surface area contributed by atoms with E-state index in [-0.39, 0.29) is 12.6 Å². The van der Waals surface area contributed by atoms with Crippen molar-refractivity contribution in [2.24, 2.45) is 0 Å². The largest absolute Gasteiger partial charge is 0.480 e. The molecule has 6 nitrogen and oxygen atoms in total. The van der Waals surface area contributed by atoms with Crippen molar-refractivity contribution in [2.45, 2.75) is 39.5 Å². The summed E-state index contributed by atoms with van der Waals surface area (Å²) in [5.74, 6) is -0.994. The Bertz CT molecular complexity index is 259. The third-order valence-corrected chi connectivity index (χ3v) is 2.49. The Morgan fingerprint density at radius 2 is 1.84 bits per heavy atom. The maximum Gasteiger partial charge on any atom is 0.323 e. The average Bonchev–Trinajstić information content (AvgIpc) is 2.36. The van der Waals surface area contributed by atoms with Crippen molar-refractivity contribution >= 4 is 12.0 Å². The molecule has 2 N–H and O–H groups in total. The lowest BCUT2D eigenvalue weighted by atomic mass is 10.3. The van der Waals surface area contributed by atoms with E-state index in [4.69, 9.17) is 9.84 Å². The number of unbranched alkanes of at least 4 members (excludes halogenated alkanes) is 1. The van der Waals surface area contributed by atoms with E-state index in [1.165, 1.54) is 4.90 Å². The van der Waals surface area contributed by atoms with E-state index in [9.17, 15) is 9.59 Å². The first kappa shape index (κ1) is 17.7. The van der Waals surface area contributed by atoms with Crippen LogP contribution in [0.2, 0.25) is 0 Å². The molecule has 0 aromatic carbocycles. The van der Waals surface area contributed by atoms with Crippen molar-refractivity contribution < 1.29 is 19.4 Å². The maximum absolute atomic E-state index is 11.7. The van der Waals surface area contributed by atoms with Gasteiger partial charge in [0.2, 0.25) is 0 Å². The first-order valence-corrected chi connectivity index (χ1v) is 6.94. The minimum Gasteiger partial charge on any atom is -0.480 e. The summed E-state index contributed by atoms with van der Waals surface area (Å²) in [6.07, 6.45) is 3.64. The molecule has 0 radical (unpaired) electrons. The van der Waals surface area contributed by atoms with E-state index < -0.39 is 5.97 Å². The minimum atomic E-state index is -0.994. The normalized spacial score (nSPS) is 10.2. The molecule has 0 fully saturated rings. The van der Waals surface area contributed by atoms with E-state index in [2.05, 4.69) is 12.2 Å². The van der Waals surface area contributed by atoms with Gasteiger partial charge >= 0.3 is 12.0 Å². The zero-order valence-electron chi connectivity index (χ0n) is 12.0. The number of nitrogens with zero attached hydrogens (tertiary/aromatic N) is 1. The highest BCUT2D eigenvalue weighted by atomic mass is 16.5. The van der Waals surface area contributed by atoms with E-state index in [0.29, 0.717) is 19.7 Å². The zero-order valence-corrected chi connectivity index (χ0v) is 12.0. The lowest BCUT2D eigenvalue weighted by Crippen LogP contribution is -2.43. The van der Waals surface area contributed by atoms with Crippen molar-refractivity contribution in [3.8, 4) is 0 Å². The fraction of sp³-hybridized carbons (Fsp3) is 0.846. The van der Waals surface area contributed by atoms with Gasteiger partial charge in [-0.1, -0.05) is 20.3 Å². The highest BCUT2D eigenvalue weighted by molar-refractivity contribution is 5.80. The molecule has 2 amide bonds. The van der Waals surface area contributed by atoms with Gasteiger partial charge in [0.15, 0.2) is 0 Å². The zero-order chi connectivity index (χ0) is 14.5. The van der Waals surface area contributed by atoms with E-state index in [1.54, 1.807) is 0 Å². The number of ether oxygens (including phenoxy) is 1. The summed E-state index contributed by atoms with van der Waals surface area (Å²) < 4.78 is 5.37. The summed E-state index contributed by atoms with van der Waals surface area (Å²) in [5, 5.41) is 11.4. The summed E-state index contributed by atoms with van der Waals surface area (Å²) in [6.45, 7) is 6.08. The second kappa shape index (κ2) is 11.8. The van der Waals surface area contributed by atoms with E-state index in [1.807, 2.05) is 6.92 Å². The first-order chi connectivity index (χ1) is 9.11. The van der Waals surface area contributed by atoms with Crippen LogP contribution in [0.4, 0.5) is 4.79 Å². The number of amides is 2. The molecule has 0 aliphatic heterocycles. The Labute approximate surface area is 115 Å². The van der Waals surface area contributed by atoms with Crippen LogP contribution in [-0.4, -0.2) is 54.9 Å². The van der Waals surface area contributed by atoms with Gasteiger partial charge in [-0.05, 0) is 19.3 Å². The summed E-state index contributed by atoms with van der Waals surface area (Å²) in [5.41, 5.74) is 0. The Morgan fingerprint density at radius 3 is 2.42 bits per heavy atom. The highest BCUT2D eigenvalue weighted by Crippen LogP contribution is 1.94. The molecular weight excluding hydrogens is 248 g/mol. The third kappa shape index (κ3) is 10.3. The molecule has 0 aliphatic carbocycles. The molecule has 0 atom stereocenters. The number of rotatable bonds is 11. The van der Waals surface area contributed by atoms with Crippen molar-refractivity contribution in [1.82, 2.24) is 10.2 Å². The molecule has 0 bridgehead atoms. The predicted molar refractivity (Wildman–Crippen MR) is 73.2 cm³/mol. The van der Waals surface area contributed by atoms with Crippen LogP contribution in [0.1, 0.15) is 39.5 Å². The molecule has 19 heavy (non-hydrogen) atoms. The number of urea groups is 1. The molecule has 0 heterocycles. The van der Waals surface area contributed by atoms with Crippen LogP contribution in [0.3, 0.4) is 0 Å². The highest BCUT2D eigenvalue weighted by Gasteiger charge is 2.14. The molecule has 0 aromatic rings. The lowest BCUT2D eigenvalue weighted by molar-refractivity contribution is -0.137. The molecule has 0 aromatic heterocycles. The molecule has 0 aliphatic rings. The summed E-state index contributed by atoms with van der Waals surface area (Å²) >= 11 is 0. The molecule has 0 spiro atoms. The van der Waals surface area contributed by atoms with Gasteiger partial charge in [0, 0.05) is 26.3 Å². The van der Waals surface area contributed by atoms with E-state index >= 15 is 0 Å². The quantitative estimate of drug-likeness (QED) is 0.562. The van der Waals surface area contributed by atoms with Gasteiger partial charge in [0.05, 0.1) is 0 Å². The predicted octanol–water partition coefficient (Wildman–Crippen LogP) is 1.70. The number of carbonyl (C=O) groups is 2. The number of carbonyl (C=O) groups excluding carboxylic acids is 1. The second-order valence-electron chi connectivity index (χ2n) is 4.37. The standard InChI is InChI=1S/C13H26N2O4/c1-3-5-9-19-10-6-7-14-13(18)15(8-4-2)11-12(16)17/h3-11H2,1-2H3,(H,14,18)(H,16,17). The fourth-order valence-electron chi connectivity index (χ4n) is 1.52. The van der Waals surface area contributed by atoms with Gasteiger partial charge in [0.25, 0.3) is 0 Å². The van der Waals surface area contributed by atoms with Gasteiger partial charge in [-0.3, -0.25) is 4.79 Å². The van der Waals surface area contributed by atoms with Crippen molar-refractivity contribution in [3.05, 3.63) is 0 Å². The van der Waals surface area contributed by atoms with Crippen LogP contribution in [0.5, 0.6) is 0 Å². The maximum atomic E-state index is 11.7. The number of nitrogens with one attached hydrogen (secondary N) is 1. The second-order valence-corrected chi connectivity index (χ2v) is 4.37. The van der Waals surface area contributed by atoms with Gasteiger partial charge in [-0.25, -0.2) is 4.79 Å². The molecule has 112 valence electrons. The molecule has 0 saturated carbocycles.